The Morgan fingerprint density at radius 2 is 1.94 bits per heavy atom. The van der Waals surface area contributed by atoms with Crippen molar-refractivity contribution in [2.75, 3.05) is 25.0 Å². The molecule has 0 spiro atoms. The molecule has 9 heteroatoms. The molecule has 1 aliphatic carbocycles. The largest absolute Gasteiger partial charge is 0.365 e. The number of halogens is 1. The predicted octanol–water partition coefficient (Wildman–Crippen LogP) is 2.89. The van der Waals surface area contributed by atoms with E-state index in [-0.39, 0.29) is 29.8 Å². The standard InChI is InChI=1S/C22H25ClN6O2/c1-25-14-22(8-10-28(11-9-22)12-15-2-6-17(23)7-3-15)29-13-18(19(24)30)20(27-29)26-21(31)16-4-5-16/h2-3,6-7,13,16H,4-5,8-12,14H2,(H2,24,30)(H,26,27,31). The Labute approximate surface area is 186 Å². The number of benzene rings is 1. The fourth-order valence-corrected chi connectivity index (χ4v) is 4.16. The molecule has 2 aliphatic rings. The normalized spacial score (nSPS) is 18.3. The van der Waals surface area contributed by atoms with E-state index in [1.165, 1.54) is 5.56 Å². The smallest absolute Gasteiger partial charge is 0.254 e. The Morgan fingerprint density at radius 3 is 2.52 bits per heavy atom. The summed E-state index contributed by atoms with van der Waals surface area (Å²) in [5.74, 6) is -0.600. The molecule has 0 radical (unpaired) electrons. The lowest BCUT2D eigenvalue weighted by atomic mass is 9.87. The molecular formula is C22H25ClN6O2. The van der Waals surface area contributed by atoms with E-state index in [0.717, 1.165) is 32.5 Å². The maximum Gasteiger partial charge on any atom is 0.254 e. The third-order valence-corrected chi connectivity index (χ3v) is 6.39. The molecule has 8 nitrogen and oxygen atoms in total. The van der Waals surface area contributed by atoms with Crippen molar-refractivity contribution in [2.45, 2.75) is 37.8 Å². The highest BCUT2D eigenvalue weighted by atomic mass is 35.5. The molecule has 0 unspecified atom stereocenters. The summed E-state index contributed by atoms with van der Waals surface area (Å²) in [6.07, 6.45) is 4.70. The summed E-state index contributed by atoms with van der Waals surface area (Å²) in [6, 6.07) is 7.81. The minimum absolute atomic E-state index is 0.0146. The van der Waals surface area contributed by atoms with Crippen molar-refractivity contribution >= 4 is 29.2 Å². The molecule has 2 aromatic rings. The first-order valence-corrected chi connectivity index (χ1v) is 10.8. The lowest BCUT2D eigenvalue weighted by Gasteiger charge is -2.38. The van der Waals surface area contributed by atoms with Crippen molar-refractivity contribution in [3.63, 3.8) is 0 Å². The zero-order valence-electron chi connectivity index (χ0n) is 17.2. The molecule has 162 valence electrons. The number of aromatic nitrogens is 2. The van der Waals surface area contributed by atoms with Gasteiger partial charge in [-0.15, -0.1) is 0 Å². The number of nitrogens with two attached hydrogens (primary N) is 1. The molecule has 31 heavy (non-hydrogen) atoms. The molecule has 2 amide bonds. The zero-order chi connectivity index (χ0) is 22.0. The van der Waals surface area contributed by atoms with Gasteiger partial charge in [0.1, 0.15) is 11.1 Å². The summed E-state index contributed by atoms with van der Waals surface area (Å²) < 4.78 is 1.69. The number of carbonyl (C=O) groups is 2. The average Bonchev–Trinajstić information content (AvgIpc) is 3.51. The topological polar surface area (TPSA) is 97.6 Å². The van der Waals surface area contributed by atoms with Crippen LogP contribution in [0.5, 0.6) is 0 Å². The number of hydrogen-bond donors (Lipinski definition) is 2. The van der Waals surface area contributed by atoms with Gasteiger partial charge in [-0.3, -0.25) is 19.2 Å². The van der Waals surface area contributed by atoms with Crippen LogP contribution in [0, 0.1) is 12.5 Å². The van der Waals surface area contributed by atoms with Crippen LogP contribution in [0.1, 0.15) is 41.6 Å². The summed E-state index contributed by atoms with van der Waals surface area (Å²) in [7, 11) is 0. The number of likely N-dealkylation sites (tertiary alicyclic amines) is 1. The number of rotatable bonds is 7. The first-order chi connectivity index (χ1) is 14.9. The zero-order valence-corrected chi connectivity index (χ0v) is 17.9. The average molecular weight is 441 g/mol. The highest BCUT2D eigenvalue weighted by molar-refractivity contribution is 6.30. The molecule has 2 heterocycles. The Bertz CT molecular complexity index is 1010. The minimum Gasteiger partial charge on any atom is -0.365 e. The fraction of sp³-hybridized carbons (Fsp3) is 0.455. The van der Waals surface area contributed by atoms with Crippen LogP contribution >= 0.6 is 11.6 Å². The van der Waals surface area contributed by atoms with Gasteiger partial charge in [0, 0.05) is 36.8 Å². The molecule has 2 fully saturated rings. The molecule has 1 saturated carbocycles. The quantitative estimate of drug-likeness (QED) is 0.647. The van der Waals surface area contributed by atoms with E-state index >= 15 is 0 Å². The molecule has 0 bridgehead atoms. The van der Waals surface area contributed by atoms with E-state index in [1.54, 1.807) is 10.9 Å². The monoisotopic (exact) mass is 440 g/mol. The predicted molar refractivity (Wildman–Crippen MR) is 118 cm³/mol. The summed E-state index contributed by atoms with van der Waals surface area (Å²) in [4.78, 5) is 30.2. The molecule has 1 saturated heterocycles. The number of carbonyl (C=O) groups excluding carboxylic acids is 2. The maximum atomic E-state index is 12.2. The van der Waals surface area contributed by atoms with Crippen molar-refractivity contribution in [1.82, 2.24) is 14.7 Å². The van der Waals surface area contributed by atoms with E-state index in [1.807, 2.05) is 24.3 Å². The number of anilines is 1. The van der Waals surface area contributed by atoms with Gasteiger partial charge in [-0.25, -0.2) is 6.57 Å². The Kier molecular flexibility index (Phi) is 5.99. The van der Waals surface area contributed by atoms with E-state index in [4.69, 9.17) is 23.9 Å². The van der Waals surface area contributed by atoms with Crippen molar-refractivity contribution in [2.24, 2.45) is 11.7 Å². The van der Waals surface area contributed by atoms with Crippen molar-refractivity contribution in [1.29, 1.82) is 0 Å². The summed E-state index contributed by atoms with van der Waals surface area (Å²) in [5, 5.41) is 7.99. The lowest BCUT2D eigenvalue weighted by molar-refractivity contribution is -0.117. The van der Waals surface area contributed by atoms with Gasteiger partial charge in [-0.05, 0) is 43.4 Å². The summed E-state index contributed by atoms with van der Waals surface area (Å²) in [5.41, 5.74) is 6.37. The number of primary amides is 1. The van der Waals surface area contributed by atoms with E-state index < -0.39 is 11.4 Å². The van der Waals surface area contributed by atoms with Crippen LogP contribution in [0.25, 0.3) is 4.85 Å². The number of piperidine rings is 1. The van der Waals surface area contributed by atoms with Crippen molar-refractivity contribution in [3.8, 4) is 0 Å². The van der Waals surface area contributed by atoms with Crippen LogP contribution in [0.3, 0.4) is 0 Å². The van der Waals surface area contributed by atoms with Crippen LogP contribution in [0.2, 0.25) is 5.02 Å². The highest BCUT2D eigenvalue weighted by Gasteiger charge is 2.41. The third-order valence-electron chi connectivity index (χ3n) is 6.14. The van der Waals surface area contributed by atoms with Crippen LogP contribution in [0.15, 0.2) is 30.5 Å². The number of nitrogens with zero attached hydrogens (tertiary/aromatic N) is 4. The molecule has 1 aromatic carbocycles. The van der Waals surface area contributed by atoms with Gasteiger partial charge in [0.15, 0.2) is 5.82 Å². The SMILES string of the molecule is [C-]#[N+]CC1(n2cc(C(N)=O)c(NC(=O)C3CC3)n2)CCN(Cc2ccc(Cl)cc2)CC1. The number of amides is 2. The van der Waals surface area contributed by atoms with Gasteiger partial charge in [-0.1, -0.05) is 23.7 Å². The van der Waals surface area contributed by atoms with Crippen LogP contribution < -0.4 is 11.1 Å². The minimum atomic E-state index is -0.643. The van der Waals surface area contributed by atoms with Gasteiger partial charge >= 0.3 is 0 Å². The second kappa shape index (κ2) is 8.69. The van der Waals surface area contributed by atoms with Gasteiger partial charge in [0.2, 0.25) is 12.5 Å². The molecule has 1 aromatic heterocycles. The molecule has 4 rings (SSSR count). The molecule has 1 aliphatic heterocycles. The van der Waals surface area contributed by atoms with Gasteiger partial charge in [-0.2, -0.15) is 5.10 Å². The van der Waals surface area contributed by atoms with E-state index in [2.05, 4.69) is 20.2 Å². The van der Waals surface area contributed by atoms with Crippen molar-refractivity contribution in [3.05, 3.63) is 58.0 Å². The van der Waals surface area contributed by atoms with Crippen LogP contribution in [-0.4, -0.2) is 46.1 Å². The molecular weight excluding hydrogens is 416 g/mol. The third kappa shape index (κ3) is 4.73. The Hall–Kier alpha value is -2.89. The molecule has 0 atom stereocenters. The summed E-state index contributed by atoms with van der Waals surface area (Å²) >= 11 is 5.97. The van der Waals surface area contributed by atoms with Gasteiger partial charge in [0.25, 0.3) is 5.91 Å². The maximum absolute atomic E-state index is 12.2. The first-order valence-electron chi connectivity index (χ1n) is 10.4. The number of hydrogen-bond acceptors (Lipinski definition) is 4. The van der Waals surface area contributed by atoms with E-state index in [9.17, 15) is 9.59 Å². The first kappa shape index (κ1) is 21.3. The fourth-order valence-electron chi connectivity index (χ4n) is 4.04. The Morgan fingerprint density at radius 1 is 1.26 bits per heavy atom. The van der Waals surface area contributed by atoms with E-state index in [0.29, 0.717) is 17.9 Å². The van der Waals surface area contributed by atoms with Gasteiger partial charge in [0.05, 0.1) is 0 Å². The van der Waals surface area contributed by atoms with Crippen LogP contribution in [0.4, 0.5) is 5.82 Å². The second-order valence-corrected chi connectivity index (χ2v) is 8.84. The Balaban J connectivity index is 1.51. The highest BCUT2D eigenvalue weighted by Crippen LogP contribution is 2.34. The van der Waals surface area contributed by atoms with Crippen LogP contribution in [-0.2, 0) is 16.9 Å². The van der Waals surface area contributed by atoms with Gasteiger partial charge < -0.3 is 15.9 Å². The lowest BCUT2D eigenvalue weighted by Crippen LogP contribution is -2.47. The summed E-state index contributed by atoms with van der Waals surface area (Å²) in [6.45, 7) is 10.1. The second-order valence-electron chi connectivity index (χ2n) is 8.41. The van der Waals surface area contributed by atoms with Crippen molar-refractivity contribution < 1.29 is 9.59 Å². The number of nitrogens with one attached hydrogen (secondary N) is 1. The molecule has 3 N–H and O–H groups in total.